The van der Waals surface area contributed by atoms with E-state index >= 15 is 0 Å². The first-order chi connectivity index (χ1) is 12.6. The number of H-pyrrole nitrogens is 1. The zero-order valence-corrected chi connectivity index (χ0v) is 14.5. The van der Waals surface area contributed by atoms with Crippen molar-refractivity contribution in [3.8, 4) is 5.69 Å². The Labute approximate surface area is 151 Å². The van der Waals surface area contributed by atoms with Gasteiger partial charge in [0.25, 0.3) is 5.56 Å². The minimum absolute atomic E-state index is 0.139. The molecule has 0 aliphatic rings. The summed E-state index contributed by atoms with van der Waals surface area (Å²) >= 11 is 0. The highest BCUT2D eigenvalue weighted by Gasteiger charge is 2.19. The summed E-state index contributed by atoms with van der Waals surface area (Å²) in [5, 5.41) is 13.4. The van der Waals surface area contributed by atoms with Gasteiger partial charge in [0.1, 0.15) is 11.3 Å². The quantitative estimate of drug-likeness (QED) is 0.529. The van der Waals surface area contributed by atoms with E-state index in [4.69, 9.17) is 0 Å². The third-order valence-electron chi connectivity index (χ3n) is 4.08. The number of nitrogens with zero attached hydrogens (tertiary/aromatic N) is 1. The molecule has 5 heteroatoms. The first-order valence-corrected chi connectivity index (χ1v) is 8.41. The van der Waals surface area contributed by atoms with Gasteiger partial charge >= 0.3 is 0 Å². The number of aliphatic hydroxyl groups excluding tert-OH is 1. The van der Waals surface area contributed by atoms with Crippen molar-refractivity contribution in [3.63, 3.8) is 0 Å². The van der Waals surface area contributed by atoms with Crippen LogP contribution in [0.1, 0.15) is 23.7 Å². The van der Waals surface area contributed by atoms with Gasteiger partial charge in [-0.05, 0) is 37.5 Å². The fourth-order valence-electron chi connectivity index (χ4n) is 2.87. The number of aromatic amines is 1. The molecule has 0 atom stereocenters. The van der Waals surface area contributed by atoms with E-state index in [1.165, 1.54) is 11.6 Å². The van der Waals surface area contributed by atoms with Crippen molar-refractivity contribution in [1.82, 2.24) is 9.78 Å². The topological polar surface area (TPSA) is 75.1 Å². The second-order valence-electron chi connectivity index (χ2n) is 6.07. The largest absolute Gasteiger partial charge is 0.507 e. The van der Waals surface area contributed by atoms with Crippen LogP contribution in [0.15, 0.2) is 71.5 Å². The average Bonchev–Trinajstić information content (AvgIpc) is 2.97. The van der Waals surface area contributed by atoms with Crippen LogP contribution in [0, 0.1) is 0 Å². The maximum absolute atomic E-state index is 12.8. The van der Waals surface area contributed by atoms with E-state index in [-0.39, 0.29) is 22.7 Å². The minimum atomic E-state index is -0.380. The van der Waals surface area contributed by atoms with Crippen molar-refractivity contribution < 1.29 is 9.90 Å². The molecule has 0 saturated heterocycles. The van der Waals surface area contributed by atoms with Gasteiger partial charge in [0.2, 0.25) is 0 Å². The second-order valence-corrected chi connectivity index (χ2v) is 6.07. The van der Waals surface area contributed by atoms with Crippen LogP contribution in [0.4, 0.5) is 0 Å². The fraction of sp³-hybridized carbons (Fsp3) is 0.143. The first kappa shape index (κ1) is 17.5. The van der Waals surface area contributed by atoms with E-state index in [1.807, 2.05) is 48.5 Å². The summed E-state index contributed by atoms with van der Waals surface area (Å²) in [6.07, 6.45) is 2.31. The predicted molar refractivity (Wildman–Crippen MR) is 102 cm³/mol. The smallest absolute Gasteiger partial charge is 0.282 e. The minimum Gasteiger partial charge on any atom is -0.507 e. The lowest BCUT2D eigenvalue weighted by Crippen LogP contribution is -2.17. The molecule has 26 heavy (non-hydrogen) atoms. The van der Waals surface area contributed by atoms with Gasteiger partial charge in [-0.2, -0.15) is 0 Å². The fourth-order valence-corrected chi connectivity index (χ4v) is 2.87. The summed E-state index contributed by atoms with van der Waals surface area (Å²) in [7, 11) is 0. The number of benzene rings is 2. The van der Waals surface area contributed by atoms with E-state index in [0.29, 0.717) is 24.2 Å². The molecule has 0 amide bonds. The van der Waals surface area contributed by atoms with E-state index in [2.05, 4.69) is 5.10 Å². The molecule has 3 aromatic rings. The number of carbonyl (C=O) groups excluding carboxylic acids is 1. The molecule has 1 aromatic heterocycles. The van der Waals surface area contributed by atoms with Crippen LogP contribution < -0.4 is 5.56 Å². The van der Waals surface area contributed by atoms with E-state index < -0.39 is 0 Å². The predicted octanol–water partition coefficient (Wildman–Crippen LogP) is 3.44. The molecule has 1 heterocycles. The molecule has 132 valence electrons. The number of para-hydroxylation sites is 1. The number of aliphatic hydroxyl groups is 1. The number of aromatic nitrogens is 2. The number of hydrogen-bond acceptors (Lipinski definition) is 3. The highest BCUT2D eigenvalue weighted by Crippen LogP contribution is 2.16. The average molecular weight is 348 g/mol. The van der Waals surface area contributed by atoms with Crippen LogP contribution in [0.2, 0.25) is 0 Å². The summed E-state index contributed by atoms with van der Waals surface area (Å²) in [5.74, 6) is -0.625. The van der Waals surface area contributed by atoms with Crippen LogP contribution in [-0.4, -0.2) is 20.7 Å². The second kappa shape index (κ2) is 7.70. The number of hydrogen-bond donors (Lipinski definition) is 2. The molecule has 2 aromatic carbocycles. The lowest BCUT2D eigenvalue weighted by atomic mass is 10.0. The Morgan fingerprint density at radius 2 is 1.65 bits per heavy atom. The summed E-state index contributed by atoms with van der Waals surface area (Å²) in [4.78, 5) is 24.2. The van der Waals surface area contributed by atoms with Crippen LogP contribution in [0.25, 0.3) is 11.4 Å². The molecule has 0 spiro atoms. The SMILES string of the molecule is CC(=O)/C=C(\O)c1c(CCc2ccccc2)[nH]n(-c2ccccc2)c1=O. The number of nitrogens with one attached hydrogen (secondary N) is 1. The number of ketones is 1. The van der Waals surface area contributed by atoms with Gasteiger partial charge in [-0.1, -0.05) is 48.5 Å². The lowest BCUT2D eigenvalue weighted by molar-refractivity contribution is -0.112. The van der Waals surface area contributed by atoms with Crippen molar-refractivity contribution in [2.75, 3.05) is 0 Å². The van der Waals surface area contributed by atoms with Gasteiger partial charge in [-0.15, -0.1) is 0 Å². The van der Waals surface area contributed by atoms with Crippen LogP contribution >= 0.6 is 0 Å². The van der Waals surface area contributed by atoms with Gasteiger partial charge in [0.15, 0.2) is 5.78 Å². The molecule has 0 aliphatic carbocycles. The van der Waals surface area contributed by atoms with Crippen LogP contribution in [-0.2, 0) is 17.6 Å². The van der Waals surface area contributed by atoms with Crippen LogP contribution in [0.3, 0.4) is 0 Å². The van der Waals surface area contributed by atoms with Crippen molar-refractivity contribution in [1.29, 1.82) is 0 Å². The lowest BCUT2D eigenvalue weighted by Gasteiger charge is -2.03. The van der Waals surface area contributed by atoms with Gasteiger partial charge in [-0.3, -0.25) is 14.7 Å². The molecule has 0 fully saturated rings. The van der Waals surface area contributed by atoms with Crippen molar-refractivity contribution in [2.45, 2.75) is 19.8 Å². The molecule has 0 aliphatic heterocycles. The Balaban J connectivity index is 2.03. The molecule has 0 saturated carbocycles. The maximum atomic E-state index is 12.8. The molecule has 0 bridgehead atoms. The molecule has 2 N–H and O–H groups in total. The monoisotopic (exact) mass is 348 g/mol. The summed E-state index contributed by atoms with van der Waals surface area (Å²) < 4.78 is 1.39. The Bertz CT molecular complexity index is 983. The van der Waals surface area contributed by atoms with Gasteiger partial charge in [0, 0.05) is 11.8 Å². The zero-order chi connectivity index (χ0) is 18.5. The summed E-state index contributed by atoms with van der Waals surface area (Å²) in [6.45, 7) is 1.34. The Kier molecular flexibility index (Phi) is 5.17. The molecule has 3 rings (SSSR count). The highest BCUT2D eigenvalue weighted by molar-refractivity contribution is 5.93. The molecule has 0 unspecified atom stereocenters. The van der Waals surface area contributed by atoms with Crippen molar-refractivity contribution in [3.05, 3.63) is 93.9 Å². The van der Waals surface area contributed by atoms with Crippen molar-refractivity contribution in [2.24, 2.45) is 0 Å². The van der Waals surface area contributed by atoms with Crippen molar-refractivity contribution >= 4 is 11.5 Å². The van der Waals surface area contributed by atoms with Gasteiger partial charge < -0.3 is 5.11 Å². The highest BCUT2D eigenvalue weighted by atomic mass is 16.3. The number of carbonyl (C=O) groups is 1. The molecular formula is C21H20N2O3. The first-order valence-electron chi connectivity index (χ1n) is 8.41. The number of allylic oxidation sites excluding steroid dienone is 1. The summed E-state index contributed by atoms with van der Waals surface area (Å²) in [5.41, 5.74) is 2.15. The Morgan fingerprint density at radius 1 is 1.04 bits per heavy atom. The standard InChI is InChI=1S/C21H20N2O3/c1-15(24)14-19(25)20-18(13-12-16-8-4-2-5-9-16)22-23(21(20)26)17-10-6-3-7-11-17/h2-11,14,22,25H,12-13H2,1H3/b19-14-. The number of aryl methyl sites for hydroxylation is 2. The van der Waals surface area contributed by atoms with Gasteiger partial charge in [0.05, 0.1) is 5.69 Å². The summed E-state index contributed by atoms with van der Waals surface area (Å²) in [6, 6.07) is 19.0. The molecule has 0 radical (unpaired) electrons. The number of rotatable bonds is 6. The normalized spacial score (nSPS) is 11.5. The maximum Gasteiger partial charge on any atom is 0.282 e. The third kappa shape index (κ3) is 3.83. The van der Waals surface area contributed by atoms with E-state index in [0.717, 1.165) is 11.6 Å². The van der Waals surface area contributed by atoms with E-state index in [9.17, 15) is 14.7 Å². The third-order valence-corrected chi connectivity index (χ3v) is 4.08. The van der Waals surface area contributed by atoms with Crippen LogP contribution in [0.5, 0.6) is 0 Å². The Morgan fingerprint density at radius 3 is 2.27 bits per heavy atom. The van der Waals surface area contributed by atoms with E-state index in [1.54, 1.807) is 12.1 Å². The molecule has 5 nitrogen and oxygen atoms in total. The Hall–Kier alpha value is -3.34. The molecular weight excluding hydrogens is 328 g/mol. The zero-order valence-electron chi connectivity index (χ0n) is 14.5. The van der Waals surface area contributed by atoms with Gasteiger partial charge in [-0.25, -0.2) is 4.68 Å².